The number of ether oxygens (including phenoxy) is 2. The molecule has 0 unspecified atom stereocenters. The molecule has 0 aromatic heterocycles. The number of methoxy groups -OCH3 is 1. The molecule has 0 bridgehead atoms. The molecule has 6 rings (SSSR count). The van der Waals surface area contributed by atoms with Crippen molar-refractivity contribution in [2.45, 2.75) is 19.0 Å². The fourth-order valence-electron chi connectivity index (χ4n) is 6.07. The Morgan fingerprint density at radius 1 is 0.825 bits per heavy atom. The van der Waals surface area contributed by atoms with E-state index in [1.54, 1.807) is 23.2 Å². The average Bonchev–Trinajstić information content (AvgIpc) is 3.44. The minimum Gasteiger partial charge on any atom is -0.465 e. The van der Waals surface area contributed by atoms with Gasteiger partial charge in [-0.1, -0.05) is 36.4 Å². The third kappa shape index (κ3) is 3.81. The first kappa shape index (κ1) is 25.2. The summed E-state index contributed by atoms with van der Waals surface area (Å²) < 4.78 is 9.98. The molecule has 0 spiro atoms. The largest absolute Gasteiger partial charge is 0.465 e. The van der Waals surface area contributed by atoms with Crippen molar-refractivity contribution in [1.29, 1.82) is 0 Å². The zero-order valence-electron chi connectivity index (χ0n) is 21.6. The van der Waals surface area contributed by atoms with Crippen molar-refractivity contribution >= 4 is 41.3 Å². The van der Waals surface area contributed by atoms with Gasteiger partial charge in [0.1, 0.15) is 11.8 Å². The monoisotopic (exact) mass is 536 g/mol. The number of anilines is 1. The fraction of sp³-hybridized carbons (Fsp3) is 0.194. The molecule has 200 valence electrons. The van der Waals surface area contributed by atoms with E-state index < -0.39 is 47.7 Å². The summed E-state index contributed by atoms with van der Waals surface area (Å²) in [7, 11) is 1.23. The van der Waals surface area contributed by atoms with Crippen LogP contribution in [0.2, 0.25) is 0 Å². The zero-order valence-corrected chi connectivity index (χ0v) is 21.6. The number of ketones is 1. The normalized spacial score (nSPS) is 22.4. The van der Waals surface area contributed by atoms with Gasteiger partial charge in [0.15, 0.2) is 5.78 Å². The minimum absolute atomic E-state index is 0.0800. The van der Waals surface area contributed by atoms with Gasteiger partial charge in [-0.2, -0.15) is 0 Å². The molecular weight excluding hydrogens is 512 g/mol. The third-order valence-electron chi connectivity index (χ3n) is 7.68. The van der Waals surface area contributed by atoms with Gasteiger partial charge in [-0.05, 0) is 53.6 Å². The molecule has 4 atom stereocenters. The maximum Gasteiger partial charge on any atom is 0.339 e. The van der Waals surface area contributed by atoms with Gasteiger partial charge in [0.25, 0.3) is 0 Å². The Labute approximate surface area is 229 Å². The number of amides is 2. The zero-order chi connectivity index (χ0) is 28.1. The van der Waals surface area contributed by atoms with Gasteiger partial charge in [-0.15, -0.1) is 0 Å². The number of hydrogen-bond donors (Lipinski definition) is 0. The number of fused-ring (bicyclic) bond motifs is 5. The van der Waals surface area contributed by atoms with Gasteiger partial charge in [-0.25, -0.2) is 9.69 Å². The molecule has 9 heteroatoms. The van der Waals surface area contributed by atoms with Gasteiger partial charge in [0.2, 0.25) is 11.8 Å². The van der Waals surface area contributed by atoms with Crippen LogP contribution in [0.3, 0.4) is 0 Å². The first-order valence-corrected chi connectivity index (χ1v) is 12.7. The SMILES string of the molecule is COC(=O)c1ccccc1N1C(=O)[C@H]2[C@H](C1=O)[C@H](C(=O)c1ccc(OC(C)=O)cc1)N1C=Cc3ccccc3[C@H]21. The maximum absolute atomic E-state index is 14.1. The molecule has 0 aliphatic carbocycles. The van der Waals surface area contributed by atoms with Crippen molar-refractivity contribution < 1.29 is 33.4 Å². The smallest absolute Gasteiger partial charge is 0.339 e. The van der Waals surface area contributed by atoms with E-state index in [0.717, 1.165) is 16.0 Å². The lowest BCUT2D eigenvalue weighted by Crippen LogP contribution is -2.44. The summed E-state index contributed by atoms with van der Waals surface area (Å²) in [6, 6.07) is 18.4. The number of para-hydroxylation sites is 1. The third-order valence-corrected chi connectivity index (χ3v) is 7.68. The first-order chi connectivity index (χ1) is 19.3. The van der Waals surface area contributed by atoms with Gasteiger partial charge in [0, 0.05) is 18.7 Å². The van der Waals surface area contributed by atoms with E-state index in [-0.39, 0.29) is 22.8 Å². The summed E-state index contributed by atoms with van der Waals surface area (Å²) in [5.41, 5.74) is 2.25. The topological polar surface area (TPSA) is 110 Å². The second-order valence-corrected chi connectivity index (χ2v) is 9.84. The van der Waals surface area contributed by atoms with Crippen LogP contribution in [0.15, 0.2) is 79.0 Å². The van der Waals surface area contributed by atoms with Crippen molar-refractivity contribution in [2.75, 3.05) is 12.0 Å². The summed E-state index contributed by atoms with van der Waals surface area (Å²) in [6.07, 6.45) is 3.64. The van der Waals surface area contributed by atoms with Crippen molar-refractivity contribution in [3.8, 4) is 5.75 Å². The molecule has 40 heavy (non-hydrogen) atoms. The predicted molar refractivity (Wildman–Crippen MR) is 143 cm³/mol. The highest BCUT2D eigenvalue weighted by Crippen LogP contribution is 2.54. The second-order valence-electron chi connectivity index (χ2n) is 9.84. The highest BCUT2D eigenvalue weighted by atomic mass is 16.5. The van der Waals surface area contributed by atoms with Crippen LogP contribution in [0.1, 0.15) is 44.8 Å². The molecule has 0 radical (unpaired) electrons. The summed E-state index contributed by atoms with van der Waals surface area (Å²) in [5, 5.41) is 0. The van der Waals surface area contributed by atoms with Crippen molar-refractivity contribution in [3.05, 3.63) is 101 Å². The number of esters is 2. The number of carbonyl (C=O) groups excluding carboxylic acids is 5. The van der Waals surface area contributed by atoms with Crippen molar-refractivity contribution in [1.82, 2.24) is 4.90 Å². The van der Waals surface area contributed by atoms with Gasteiger partial charge >= 0.3 is 11.9 Å². The second kappa shape index (κ2) is 9.60. The number of benzene rings is 3. The van der Waals surface area contributed by atoms with Crippen molar-refractivity contribution in [3.63, 3.8) is 0 Å². The van der Waals surface area contributed by atoms with E-state index in [0.29, 0.717) is 5.56 Å². The Balaban J connectivity index is 1.46. The first-order valence-electron chi connectivity index (χ1n) is 12.7. The Kier molecular flexibility index (Phi) is 6.06. The van der Waals surface area contributed by atoms with Crippen LogP contribution in [0.5, 0.6) is 5.75 Å². The Hall–Kier alpha value is -5.05. The predicted octanol–water partition coefficient (Wildman–Crippen LogP) is 3.80. The molecule has 2 fully saturated rings. The molecule has 3 aliphatic rings. The van der Waals surface area contributed by atoms with E-state index in [1.807, 2.05) is 30.3 Å². The van der Waals surface area contributed by atoms with E-state index in [4.69, 9.17) is 9.47 Å². The Morgan fingerprint density at radius 2 is 1.50 bits per heavy atom. The van der Waals surface area contributed by atoms with Gasteiger partial charge in [-0.3, -0.25) is 19.2 Å². The number of Topliss-reactive ketones (excluding diaryl/α,β-unsaturated/α-hetero) is 1. The van der Waals surface area contributed by atoms with Gasteiger partial charge < -0.3 is 14.4 Å². The van der Waals surface area contributed by atoms with E-state index >= 15 is 0 Å². The van der Waals surface area contributed by atoms with Crippen molar-refractivity contribution in [2.24, 2.45) is 11.8 Å². The molecule has 3 aromatic carbocycles. The number of rotatable bonds is 5. The molecule has 0 saturated carbocycles. The van der Waals surface area contributed by atoms with Crippen LogP contribution in [0.4, 0.5) is 5.69 Å². The van der Waals surface area contributed by atoms with Gasteiger partial charge in [0.05, 0.1) is 36.2 Å². The summed E-state index contributed by atoms with van der Waals surface area (Å²) in [5.74, 6) is -4.12. The number of carbonyl (C=O) groups is 5. The van der Waals surface area contributed by atoms with Crippen LogP contribution < -0.4 is 9.64 Å². The average molecular weight is 537 g/mol. The van der Waals surface area contributed by atoms with Crippen LogP contribution in [0.25, 0.3) is 6.08 Å². The van der Waals surface area contributed by atoms with E-state index in [1.165, 1.54) is 50.4 Å². The lowest BCUT2D eigenvalue weighted by atomic mass is 9.83. The summed E-state index contributed by atoms with van der Waals surface area (Å²) in [4.78, 5) is 69.0. The number of imide groups is 1. The Bertz CT molecular complexity index is 1610. The lowest BCUT2D eigenvalue weighted by Gasteiger charge is -2.35. The number of hydrogen-bond acceptors (Lipinski definition) is 8. The molecule has 3 aliphatic heterocycles. The summed E-state index contributed by atoms with van der Waals surface area (Å²) >= 11 is 0. The lowest BCUT2D eigenvalue weighted by molar-refractivity contribution is -0.132. The highest BCUT2D eigenvalue weighted by Gasteiger charge is 2.64. The summed E-state index contributed by atoms with van der Waals surface area (Å²) in [6.45, 7) is 1.28. The standard InChI is InChI=1S/C31H24N2O7/c1-17(34)40-20-13-11-19(12-14-20)28(35)27-25-24(26-21-8-4-3-7-18(21)15-16-32(26)27)29(36)33(30(25)37)23-10-6-5-9-22(23)31(38)39-2/h3-16,24-27H,1-2H3/t24-,25-,26+,27+/m0/s1. The fourth-order valence-corrected chi connectivity index (χ4v) is 6.07. The molecule has 0 N–H and O–H groups in total. The van der Waals surface area contributed by atoms with E-state index in [2.05, 4.69) is 0 Å². The molecule has 9 nitrogen and oxygen atoms in total. The van der Waals surface area contributed by atoms with Crippen LogP contribution in [0, 0.1) is 11.8 Å². The molecular formula is C31H24N2O7. The van der Waals surface area contributed by atoms with Crippen LogP contribution in [-0.4, -0.2) is 47.6 Å². The molecule has 3 heterocycles. The molecule has 3 aromatic rings. The Morgan fingerprint density at radius 3 is 2.23 bits per heavy atom. The quantitative estimate of drug-likeness (QED) is 0.210. The molecule has 2 amide bonds. The highest BCUT2D eigenvalue weighted by molar-refractivity contribution is 6.26. The van der Waals surface area contributed by atoms with Crippen LogP contribution >= 0.6 is 0 Å². The minimum atomic E-state index is -1.00. The van der Waals surface area contributed by atoms with Crippen LogP contribution in [-0.2, 0) is 19.1 Å². The van der Waals surface area contributed by atoms with E-state index in [9.17, 15) is 24.0 Å². The molecule has 2 saturated heterocycles. The maximum atomic E-state index is 14.1. The number of nitrogens with zero attached hydrogens (tertiary/aromatic N) is 2.